The van der Waals surface area contributed by atoms with Crippen molar-refractivity contribution >= 4 is 29.9 Å². The molecule has 1 amide bonds. The molecule has 3 nitrogen and oxygen atoms in total. The van der Waals surface area contributed by atoms with Crippen molar-refractivity contribution in [3.05, 3.63) is 34.3 Å². The minimum atomic E-state index is 0. The van der Waals surface area contributed by atoms with E-state index in [0.717, 1.165) is 49.5 Å². The van der Waals surface area contributed by atoms with Crippen molar-refractivity contribution in [1.82, 2.24) is 10.2 Å². The van der Waals surface area contributed by atoms with Gasteiger partial charge in [0.2, 0.25) is 0 Å². The standard InChI is InChI=1S/C17H23ClN2O.ClH/c1-12-9-14(11-15(18)10-12)17(21)20-7-4-13(5-8-20)16-3-2-6-19-16;/h9-11,13,16,19H,2-8H2,1H3;1H. The van der Waals surface area contributed by atoms with Crippen molar-refractivity contribution in [3.8, 4) is 0 Å². The molecule has 2 aliphatic heterocycles. The molecule has 0 aromatic heterocycles. The van der Waals surface area contributed by atoms with E-state index in [4.69, 9.17) is 11.6 Å². The van der Waals surface area contributed by atoms with Crippen molar-refractivity contribution in [2.24, 2.45) is 5.92 Å². The summed E-state index contributed by atoms with van der Waals surface area (Å²) in [5, 5.41) is 4.24. The van der Waals surface area contributed by atoms with E-state index in [2.05, 4.69) is 5.32 Å². The minimum Gasteiger partial charge on any atom is -0.339 e. The zero-order valence-corrected chi connectivity index (χ0v) is 14.6. The first-order valence-corrected chi connectivity index (χ1v) is 8.31. The fraction of sp³-hybridized carbons (Fsp3) is 0.588. The third kappa shape index (κ3) is 3.95. The molecule has 3 rings (SSSR count). The van der Waals surface area contributed by atoms with Crippen LogP contribution in [0.1, 0.15) is 41.6 Å². The van der Waals surface area contributed by atoms with Gasteiger partial charge >= 0.3 is 0 Å². The molecular weight excluding hydrogens is 319 g/mol. The van der Waals surface area contributed by atoms with Gasteiger partial charge in [-0.15, -0.1) is 12.4 Å². The third-order valence-electron chi connectivity index (χ3n) is 4.78. The molecule has 0 radical (unpaired) electrons. The van der Waals surface area contributed by atoms with Crippen LogP contribution in [0, 0.1) is 12.8 Å². The number of likely N-dealkylation sites (tertiary alicyclic amines) is 1. The summed E-state index contributed by atoms with van der Waals surface area (Å²) in [5.41, 5.74) is 1.76. The van der Waals surface area contributed by atoms with E-state index in [-0.39, 0.29) is 18.3 Å². The summed E-state index contributed by atoms with van der Waals surface area (Å²) >= 11 is 6.06. The molecule has 1 atom stereocenters. The average molecular weight is 343 g/mol. The molecule has 0 aliphatic carbocycles. The number of piperidine rings is 1. The number of hydrogen-bond acceptors (Lipinski definition) is 2. The zero-order valence-electron chi connectivity index (χ0n) is 13.0. The van der Waals surface area contributed by atoms with Gasteiger partial charge in [0.05, 0.1) is 0 Å². The highest BCUT2D eigenvalue weighted by atomic mass is 35.5. The second-order valence-electron chi connectivity index (χ2n) is 6.35. The number of amides is 1. The Kier molecular flexibility index (Phi) is 6.13. The Hall–Kier alpha value is -0.770. The van der Waals surface area contributed by atoms with Crippen LogP contribution in [0.4, 0.5) is 0 Å². The van der Waals surface area contributed by atoms with Gasteiger partial charge in [0.15, 0.2) is 0 Å². The number of benzene rings is 1. The van der Waals surface area contributed by atoms with E-state index in [1.165, 1.54) is 12.8 Å². The number of carbonyl (C=O) groups excluding carboxylic acids is 1. The fourth-order valence-corrected chi connectivity index (χ4v) is 3.95. The Morgan fingerprint density at radius 2 is 1.95 bits per heavy atom. The average Bonchev–Trinajstić information content (AvgIpc) is 3.00. The van der Waals surface area contributed by atoms with Crippen molar-refractivity contribution < 1.29 is 4.79 Å². The number of carbonyl (C=O) groups is 1. The van der Waals surface area contributed by atoms with Crippen LogP contribution in [0.5, 0.6) is 0 Å². The normalized spacial score (nSPS) is 22.5. The third-order valence-corrected chi connectivity index (χ3v) is 5.00. The van der Waals surface area contributed by atoms with Gasteiger partial charge < -0.3 is 10.2 Å². The second kappa shape index (κ2) is 7.67. The highest BCUT2D eigenvalue weighted by molar-refractivity contribution is 6.31. The summed E-state index contributed by atoms with van der Waals surface area (Å²) in [6.07, 6.45) is 4.82. The maximum absolute atomic E-state index is 12.6. The Morgan fingerprint density at radius 1 is 1.23 bits per heavy atom. The molecule has 0 bridgehead atoms. The van der Waals surface area contributed by atoms with Gasteiger partial charge in [0, 0.05) is 29.7 Å². The molecule has 0 saturated carbocycles. The molecule has 122 valence electrons. The van der Waals surface area contributed by atoms with Gasteiger partial charge in [0.25, 0.3) is 5.91 Å². The van der Waals surface area contributed by atoms with E-state index in [1.807, 2.05) is 24.0 Å². The summed E-state index contributed by atoms with van der Waals surface area (Å²) in [7, 11) is 0. The topological polar surface area (TPSA) is 32.3 Å². The molecule has 2 fully saturated rings. The Bertz CT molecular complexity index is 501. The molecule has 2 aliphatic rings. The summed E-state index contributed by atoms with van der Waals surface area (Å²) in [5.74, 6) is 0.857. The van der Waals surface area contributed by atoms with Crippen LogP contribution >= 0.6 is 24.0 Å². The van der Waals surface area contributed by atoms with E-state index in [0.29, 0.717) is 11.1 Å². The number of aryl methyl sites for hydroxylation is 1. The van der Waals surface area contributed by atoms with Gasteiger partial charge in [0.1, 0.15) is 0 Å². The second-order valence-corrected chi connectivity index (χ2v) is 6.79. The SMILES string of the molecule is Cc1cc(Cl)cc(C(=O)N2CCC(C3CCCN3)CC2)c1.Cl. The highest BCUT2D eigenvalue weighted by Gasteiger charge is 2.30. The quantitative estimate of drug-likeness (QED) is 0.889. The lowest BCUT2D eigenvalue weighted by molar-refractivity contribution is 0.0674. The Labute approximate surface area is 143 Å². The van der Waals surface area contributed by atoms with Crippen LogP contribution in [0.25, 0.3) is 0 Å². The van der Waals surface area contributed by atoms with Crippen molar-refractivity contribution in [1.29, 1.82) is 0 Å². The van der Waals surface area contributed by atoms with Crippen LogP contribution in [-0.2, 0) is 0 Å². The van der Waals surface area contributed by atoms with E-state index in [9.17, 15) is 4.79 Å². The minimum absolute atomic E-state index is 0. The molecule has 1 aromatic rings. The van der Waals surface area contributed by atoms with Gasteiger partial charge in [-0.3, -0.25) is 4.79 Å². The number of hydrogen-bond donors (Lipinski definition) is 1. The first kappa shape index (κ1) is 17.6. The number of nitrogens with one attached hydrogen (secondary N) is 1. The Balaban J connectivity index is 0.00000176. The summed E-state index contributed by atoms with van der Waals surface area (Å²) < 4.78 is 0. The van der Waals surface area contributed by atoms with Gasteiger partial charge in [-0.1, -0.05) is 11.6 Å². The smallest absolute Gasteiger partial charge is 0.253 e. The molecule has 5 heteroatoms. The highest BCUT2D eigenvalue weighted by Crippen LogP contribution is 2.26. The first-order valence-electron chi connectivity index (χ1n) is 7.93. The Morgan fingerprint density at radius 3 is 2.55 bits per heavy atom. The molecule has 22 heavy (non-hydrogen) atoms. The fourth-order valence-electron chi connectivity index (χ4n) is 3.66. The van der Waals surface area contributed by atoms with Crippen LogP contribution in [0.3, 0.4) is 0 Å². The van der Waals surface area contributed by atoms with E-state index < -0.39 is 0 Å². The van der Waals surface area contributed by atoms with Crippen LogP contribution in [0.15, 0.2) is 18.2 Å². The van der Waals surface area contributed by atoms with Gasteiger partial charge in [-0.05, 0) is 68.8 Å². The van der Waals surface area contributed by atoms with Crippen LogP contribution in [-0.4, -0.2) is 36.5 Å². The van der Waals surface area contributed by atoms with Crippen molar-refractivity contribution in [2.45, 2.75) is 38.6 Å². The lowest BCUT2D eigenvalue weighted by Gasteiger charge is -2.35. The van der Waals surface area contributed by atoms with Crippen LogP contribution < -0.4 is 5.32 Å². The summed E-state index contributed by atoms with van der Waals surface area (Å²) in [6.45, 7) is 4.87. The van der Waals surface area contributed by atoms with Crippen LogP contribution in [0.2, 0.25) is 5.02 Å². The molecule has 1 N–H and O–H groups in total. The van der Waals surface area contributed by atoms with Crippen molar-refractivity contribution in [3.63, 3.8) is 0 Å². The lowest BCUT2D eigenvalue weighted by Crippen LogP contribution is -2.43. The first-order chi connectivity index (χ1) is 10.1. The predicted octanol–water partition coefficient (Wildman–Crippen LogP) is 3.67. The molecule has 2 saturated heterocycles. The molecule has 1 aromatic carbocycles. The number of halogens is 2. The number of nitrogens with zero attached hydrogens (tertiary/aromatic N) is 1. The zero-order chi connectivity index (χ0) is 14.8. The molecule has 0 spiro atoms. The monoisotopic (exact) mass is 342 g/mol. The van der Waals surface area contributed by atoms with Gasteiger partial charge in [-0.2, -0.15) is 0 Å². The van der Waals surface area contributed by atoms with E-state index in [1.54, 1.807) is 6.07 Å². The number of rotatable bonds is 2. The molecule has 2 heterocycles. The summed E-state index contributed by atoms with van der Waals surface area (Å²) in [6, 6.07) is 6.27. The maximum atomic E-state index is 12.6. The van der Waals surface area contributed by atoms with E-state index >= 15 is 0 Å². The van der Waals surface area contributed by atoms with Gasteiger partial charge in [-0.25, -0.2) is 0 Å². The summed E-state index contributed by atoms with van der Waals surface area (Å²) in [4.78, 5) is 14.6. The maximum Gasteiger partial charge on any atom is 0.253 e. The largest absolute Gasteiger partial charge is 0.339 e. The predicted molar refractivity (Wildman–Crippen MR) is 93.1 cm³/mol. The molecule has 1 unspecified atom stereocenters. The molecular formula is C17H24Cl2N2O. The lowest BCUT2D eigenvalue weighted by atomic mass is 9.88. The van der Waals surface area contributed by atoms with Crippen molar-refractivity contribution in [2.75, 3.05) is 19.6 Å².